The Hall–Kier alpha value is -0.830. The van der Waals surface area contributed by atoms with Gasteiger partial charge in [0, 0.05) is 13.0 Å². The van der Waals surface area contributed by atoms with Crippen molar-refractivity contribution in [1.29, 1.82) is 0 Å². The smallest absolute Gasteiger partial charge is 0.315 e. The third-order valence-corrected chi connectivity index (χ3v) is 3.52. The molecule has 0 aromatic carbocycles. The molecular weight excluding hydrogens is 202 g/mol. The first kappa shape index (κ1) is 11.6. The summed E-state index contributed by atoms with van der Waals surface area (Å²) < 4.78 is 5.44. The van der Waals surface area contributed by atoms with Crippen molar-refractivity contribution in [2.45, 2.75) is 39.0 Å². The molecule has 1 aliphatic carbocycles. The zero-order valence-electron chi connectivity index (χ0n) is 10.1. The number of carbonyl (C=O) groups excluding carboxylic acids is 1. The van der Waals surface area contributed by atoms with E-state index in [1.807, 2.05) is 0 Å². The van der Waals surface area contributed by atoms with Gasteiger partial charge in [-0.1, -0.05) is 6.92 Å². The lowest BCUT2D eigenvalue weighted by Gasteiger charge is -2.30. The van der Waals surface area contributed by atoms with Crippen molar-refractivity contribution in [1.82, 2.24) is 4.90 Å². The summed E-state index contributed by atoms with van der Waals surface area (Å²) in [6, 6.07) is 0. The molecule has 1 saturated heterocycles. The fraction of sp³-hybridized carbons (Fsp3) is 0.769. The van der Waals surface area contributed by atoms with Crippen LogP contribution in [0.25, 0.3) is 0 Å². The Morgan fingerprint density at radius 2 is 2.44 bits per heavy atom. The number of ether oxygens (including phenoxy) is 1. The van der Waals surface area contributed by atoms with E-state index in [1.165, 1.54) is 0 Å². The van der Waals surface area contributed by atoms with E-state index in [0.29, 0.717) is 0 Å². The Balaban J connectivity index is 1.83. The zero-order chi connectivity index (χ0) is 11.4. The maximum atomic E-state index is 11.9. The molecule has 16 heavy (non-hydrogen) atoms. The largest absolute Gasteiger partial charge is 0.431 e. The van der Waals surface area contributed by atoms with Crippen molar-refractivity contribution in [3.05, 3.63) is 11.8 Å². The molecule has 0 aromatic heterocycles. The summed E-state index contributed by atoms with van der Waals surface area (Å²) in [6.45, 7) is 5.19. The van der Waals surface area contributed by atoms with Crippen molar-refractivity contribution >= 4 is 5.97 Å². The van der Waals surface area contributed by atoms with Gasteiger partial charge in [0.05, 0.1) is 5.92 Å². The van der Waals surface area contributed by atoms with Crippen molar-refractivity contribution in [2.24, 2.45) is 5.92 Å². The van der Waals surface area contributed by atoms with Gasteiger partial charge in [-0.2, -0.15) is 0 Å². The standard InChI is InChI=1S/C13H21NO2/c1-2-14-9-5-6-11(10-14)13(15)16-12-7-3-4-8-12/h7,11H,2-6,8-10H2,1H3. The normalized spacial score (nSPS) is 26.6. The quantitative estimate of drug-likeness (QED) is 0.688. The molecule has 0 spiro atoms. The molecule has 0 amide bonds. The van der Waals surface area contributed by atoms with Gasteiger partial charge in [-0.05, 0) is 44.8 Å². The third kappa shape index (κ3) is 2.85. The predicted molar refractivity (Wildman–Crippen MR) is 62.9 cm³/mol. The summed E-state index contributed by atoms with van der Waals surface area (Å²) in [5.41, 5.74) is 0. The molecule has 0 bridgehead atoms. The molecular formula is C13H21NO2. The minimum absolute atomic E-state index is 0.00806. The number of likely N-dealkylation sites (tertiary alicyclic amines) is 1. The fourth-order valence-corrected chi connectivity index (χ4v) is 2.48. The van der Waals surface area contributed by atoms with E-state index in [0.717, 1.165) is 57.5 Å². The van der Waals surface area contributed by atoms with Crippen LogP contribution in [0.1, 0.15) is 39.0 Å². The molecule has 0 N–H and O–H groups in total. The molecule has 1 fully saturated rings. The minimum atomic E-state index is -0.00806. The third-order valence-electron chi connectivity index (χ3n) is 3.52. The Kier molecular flexibility index (Phi) is 3.99. The van der Waals surface area contributed by atoms with Gasteiger partial charge in [0.15, 0.2) is 0 Å². The van der Waals surface area contributed by atoms with Crippen LogP contribution < -0.4 is 0 Å². The summed E-state index contributed by atoms with van der Waals surface area (Å²) >= 11 is 0. The molecule has 0 saturated carbocycles. The molecule has 3 heteroatoms. The molecule has 2 rings (SSSR count). The maximum absolute atomic E-state index is 11.9. The van der Waals surface area contributed by atoms with Crippen LogP contribution in [0.3, 0.4) is 0 Å². The number of rotatable bonds is 3. The van der Waals surface area contributed by atoms with Gasteiger partial charge in [-0.25, -0.2) is 0 Å². The monoisotopic (exact) mass is 223 g/mol. The van der Waals surface area contributed by atoms with E-state index in [9.17, 15) is 4.79 Å². The Morgan fingerprint density at radius 3 is 3.12 bits per heavy atom. The average Bonchev–Trinajstić information content (AvgIpc) is 2.82. The number of piperidine rings is 1. The lowest BCUT2D eigenvalue weighted by Crippen LogP contribution is -2.39. The molecule has 1 atom stereocenters. The molecule has 0 aromatic rings. The highest BCUT2D eigenvalue weighted by Gasteiger charge is 2.27. The average molecular weight is 223 g/mol. The number of carbonyl (C=O) groups is 1. The molecule has 1 heterocycles. The van der Waals surface area contributed by atoms with Crippen LogP contribution in [-0.4, -0.2) is 30.5 Å². The van der Waals surface area contributed by atoms with Crippen LogP contribution in [0.15, 0.2) is 11.8 Å². The highest BCUT2D eigenvalue weighted by Crippen LogP contribution is 2.23. The van der Waals surface area contributed by atoms with E-state index in [4.69, 9.17) is 4.74 Å². The highest BCUT2D eigenvalue weighted by molar-refractivity contribution is 5.74. The number of hydrogen-bond donors (Lipinski definition) is 0. The van der Waals surface area contributed by atoms with Gasteiger partial charge in [0.25, 0.3) is 0 Å². The summed E-state index contributed by atoms with van der Waals surface area (Å²) in [6.07, 6.45) is 7.30. The number of allylic oxidation sites excluding steroid dienone is 2. The van der Waals surface area contributed by atoms with Gasteiger partial charge in [-0.3, -0.25) is 4.79 Å². The topological polar surface area (TPSA) is 29.5 Å². The van der Waals surface area contributed by atoms with Crippen molar-refractivity contribution in [3.63, 3.8) is 0 Å². The summed E-state index contributed by atoms with van der Waals surface area (Å²) in [5.74, 6) is 0.986. The second kappa shape index (κ2) is 5.48. The van der Waals surface area contributed by atoms with E-state index in [1.54, 1.807) is 0 Å². The van der Waals surface area contributed by atoms with Crippen LogP contribution in [0, 0.1) is 5.92 Å². The van der Waals surface area contributed by atoms with E-state index >= 15 is 0 Å². The first-order valence-corrected chi connectivity index (χ1v) is 6.42. The molecule has 90 valence electrons. The number of esters is 1. The number of hydrogen-bond acceptors (Lipinski definition) is 3. The minimum Gasteiger partial charge on any atom is -0.431 e. The summed E-state index contributed by atoms with van der Waals surface area (Å²) in [7, 11) is 0. The van der Waals surface area contributed by atoms with Crippen LogP contribution >= 0.6 is 0 Å². The number of nitrogens with zero attached hydrogens (tertiary/aromatic N) is 1. The SMILES string of the molecule is CCN1CCCC(C(=O)OC2=CCCC2)C1. The lowest BCUT2D eigenvalue weighted by atomic mass is 9.98. The molecule has 1 unspecified atom stereocenters. The molecule has 1 aliphatic heterocycles. The van der Waals surface area contributed by atoms with E-state index in [2.05, 4.69) is 17.9 Å². The highest BCUT2D eigenvalue weighted by atomic mass is 16.5. The molecule has 3 nitrogen and oxygen atoms in total. The first-order chi connectivity index (χ1) is 7.79. The van der Waals surface area contributed by atoms with Gasteiger partial charge in [0.2, 0.25) is 0 Å². The van der Waals surface area contributed by atoms with Crippen molar-refractivity contribution in [2.75, 3.05) is 19.6 Å². The fourth-order valence-electron chi connectivity index (χ4n) is 2.48. The van der Waals surface area contributed by atoms with Crippen LogP contribution in [0.2, 0.25) is 0 Å². The zero-order valence-corrected chi connectivity index (χ0v) is 10.1. The maximum Gasteiger partial charge on any atom is 0.315 e. The first-order valence-electron chi connectivity index (χ1n) is 6.42. The second-order valence-electron chi connectivity index (χ2n) is 4.72. The predicted octanol–water partition coefficient (Wildman–Crippen LogP) is 2.33. The van der Waals surface area contributed by atoms with Gasteiger partial charge in [-0.15, -0.1) is 0 Å². The molecule has 0 radical (unpaired) electrons. The van der Waals surface area contributed by atoms with Crippen LogP contribution in [0.5, 0.6) is 0 Å². The molecule has 2 aliphatic rings. The second-order valence-corrected chi connectivity index (χ2v) is 4.72. The van der Waals surface area contributed by atoms with Crippen LogP contribution in [0.4, 0.5) is 0 Å². The van der Waals surface area contributed by atoms with E-state index < -0.39 is 0 Å². The lowest BCUT2D eigenvalue weighted by molar-refractivity contribution is -0.146. The summed E-state index contributed by atoms with van der Waals surface area (Å²) in [5, 5.41) is 0. The van der Waals surface area contributed by atoms with Crippen molar-refractivity contribution in [3.8, 4) is 0 Å². The van der Waals surface area contributed by atoms with Gasteiger partial charge < -0.3 is 9.64 Å². The Morgan fingerprint density at radius 1 is 1.56 bits per heavy atom. The van der Waals surface area contributed by atoms with Gasteiger partial charge in [0.1, 0.15) is 5.76 Å². The van der Waals surface area contributed by atoms with E-state index in [-0.39, 0.29) is 11.9 Å². The van der Waals surface area contributed by atoms with Gasteiger partial charge >= 0.3 is 5.97 Å². The summed E-state index contributed by atoms with van der Waals surface area (Å²) in [4.78, 5) is 14.3. The Labute approximate surface area is 97.5 Å². The van der Waals surface area contributed by atoms with Crippen molar-refractivity contribution < 1.29 is 9.53 Å². The van der Waals surface area contributed by atoms with Crippen LogP contribution in [-0.2, 0) is 9.53 Å². The Bertz CT molecular complexity index is 286.